The molecule has 304 valence electrons. The maximum atomic E-state index is 14.3. The van der Waals surface area contributed by atoms with E-state index in [1.54, 1.807) is 24.3 Å². The van der Waals surface area contributed by atoms with Gasteiger partial charge >= 0.3 is 0 Å². The first kappa shape index (κ1) is 41.4. The van der Waals surface area contributed by atoms with Crippen LogP contribution in [0.3, 0.4) is 0 Å². The van der Waals surface area contributed by atoms with Crippen LogP contribution < -0.4 is 14.8 Å². The molecular weight excluding hydrogens is 784 g/mol. The molecule has 2 heterocycles. The average molecular weight is 831 g/mol. The van der Waals surface area contributed by atoms with Crippen LogP contribution in [0.15, 0.2) is 89.3 Å². The summed E-state index contributed by atoms with van der Waals surface area (Å²) in [6.45, 7) is 9.44. The van der Waals surface area contributed by atoms with Gasteiger partial charge in [0, 0.05) is 54.0 Å². The van der Waals surface area contributed by atoms with Crippen LogP contribution in [0.25, 0.3) is 16.7 Å². The van der Waals surface area contributed by atoms with Crippen molar-refractivity contribution in [1.29, 1.82) is 5.26 Å². The van der Waals surface area contributed by atoms with Gasteiger partial charge in [-0.25, -0.2) is 13.1 Å². The summed E-state index contributed by atoms with van der Waals surface area (Å²) in [5.41, 5.74) is 10.6. The van der Waals surface area contributed by atoms with Crippen LogP contribution in [-0.4, -0.2) is 54.6 Å². The van der Waals surface area contributed by atoms with E-state index in [1.807, 2.05) is 43.8 Å². The first-order valence-corrected chi connectivity index (χ1v) is 21.6. The molecule has 7 rings (SSSR count). The molecule has 1 saturated heterocycles. The Morgan fingerprint density at radius 3 is 2.39 bits per heavy atom. The van der Waals surface area contributed by atoms with Gasteiger partial charge in [-0.15, -0.1) is 0 Å². The molecule has 13 heteroatoms. The molecule has 11 nitrogen and oxygen atoms in total. The molecule has 0 unspecified atom stereocenters. The lowest BCUT2D eigenvalue weighted by Crippen LogP contribution is -2.31. The highest BCUT2D eigenvalue weighted by atomic mass is 35.5. The maximum absolute atomic E-state index is 14.3. The average Bonchev–Trinajstić information content (AvgIpc) is 3.95. The molecule has 59 heavy (non-hydrogen) atoms. The number of nitrogens with one attached hydrogen (secondary N) is 2. The summed E-state index contributed by atoms with van der Waals surface area (Å²) in [4.78, 5) is 29.6. The van der Waals surface area contributed by atoms with Crippen LogP contribution in [0.2, 0.25) is 5.02 Å². The van der Waals surface area contributed by atoms with Gasteiger partial charge in [0.05, 0.1) is 17.9 Å². The fraction of sp³-hybridized carbons (Fsp3) is 0.304. The maximum Gasteiger partial charge on any atom is 0.265 e. The number of rotatable bonds is 14. The van der Waals surface area contributed by atoms with Crippen molar-refractivity contribution in [2.75, 3.05) is 19.7 Å². The summed E-state index contributed by atoms with van der Waals surface area (Å²) >= 11 is 6.39. The number of hydrogen-bond donors (Lipinski definition) is 2. The minimum atomic E-state index is -4.32. The zero-order chi connectivity index (χ0) is 41.8. The molecule has 5 aromatic rings. The van der Waals surface area contributed by atoms with E-state index in [-0.39, 0.29) is 28.5 Å². The van der Waals surface area contributed by atoms with Crippen molar-refractivity contribution >= 4 is 39.0 Å². The Balaban J connectivity index is 1.12. The van der Waals surface area contributed by atoms with Crippen molar-refractivity contribution in [2.24, 2.45) is 7.05 Å². The van der Waals surface area contributed by atoms with E-state index in [0.29, 0.717) is 37.0 Å². The monoisotopic (exact) mass is 830 g/mol. The van der Waals surface area contributed by atoms with Crippen molar-refractivity contribution in [3.05, 3.63) is 140 Å². The minimum Gasteiger partial charge on any atom is -0.494 e. The first-order chi connectivity index (χ1) is 28.3. The minimum absolute atomic E-state index is 0.0727. The molecular formula is C46H47ClN6O5S. The van der Waals surface area contributed by atoms with E-state index in [1.165, 1.54) is 37.1 Å². The zero-order valence-electron chi connectivity index (χ0n) is 33.7. The number of sulfonamides is 1. The number of ether oxygens (including phenoxy) is 1. The van der Waals surface area contributed by atoms with Gasteiger partial charge in [-0.05, 0) is 135 Å². The van der Waals surface area contributed by atoms with Crippen LogP contribution in [0.5, 0.6) is 5.75 Å². The number of hydrogen-bond acceptors (Lipinski definition) is 8. The fourth-order valence-corrected chi connectivity index (χ4v) is 9.34. The number of nitrogens with zero attached hydrogens (tertiary/aromatic N) is 4. The summed E-state index contributed by atoms with van der Waals surface area (Å²) in [5, 5.41) is 18.2. The number of nitriles is 1. The van der Waals surface area contributed by atoms with Crippen LogP contribution >= 0.6 is 11.6 Å². The van der Waals surface area contributed by atoms with E-state index in [9.17, 15) is 23.3 Å². The summed E-state index contributed by atoms with van der Waals surface area (Å²) in [6.07, 6.45) is 4.09. The van der Waals surface area contributed by atoms with Gasteiger partial charge in [0.25, 0.3) is 15.9 Å². The molecule has 0 bridgehead atoms. The summed E-state index contributed by atoms with van der Waals surface area (Å²) in [7, 11) is -2.34. The number of benzene rings is 4. The predicted molar refractivity (Wildman–Crippen MR) is 228 cm³/mol. The van der Waals surface area contributed by atoms with Crippen LogP contribution in [0, 0.1) is 32.1 Å². The molecule has 1 aromatic heterocycles. The Bertz CT molecular complexity index is 2620. The molecule has 2 aliphatic rings. The van der Waals surface area contributed by atoms with E-state index in [0.717, 1.165) is 80.7 Å². The molecule has 1 aliphatic carbocycles. The molecule has 1 aliphatic heterocycles. The fourth-order valence-electron chi connectivity index (χ4n) is 8.10. The molecule has 4 aromatic carbocycles. The Morgan fingerprint density at radius 2 is 1.64 bits per heavy atom. The van der Waals surface area contributed by atoms with Gasteiger partial charge in [0.1, 0.15) is 16.7 Å². The highest BCUT2D eigenvalue weighted by molar-refractivity contribution is 7.90. The van der Waals surface area contributed by atoms with Gasteiger partial charge in [-0.3, -0.25) is 19.2 Å². The smallest absolute Gasteiger partial charge is 0.265 e. The largest absolute Gasteiger partial charge is 0.494 e. The normalized spacial score (nSPS) is 14.0. The molecule has 0 spiro atoms. The Hall–Kier alpha value is -5.74. The van der Waals surface area contributed by atoms with Gasteiger partial charge in [-0.2, -0.15) is 10.4 Å². The Morgan fingerprint density at radius 1 is 0.932 bits per heavy atom. The second-order valence-corrected chi connectivity index (χ2v) is 17.3. The lowest BCUT2D eigenvalue weighted by Gasteiger charge is -2.16. The number of carbonyl (C=O) groups is 2. The number of carbonyl (C=O) groups excluding carboxylic acids is 2. The Kier molecular flexibility index (Phi) is 12.4. The number of aryl methyl sites for hydroxylation is 3. The lowest BCUT2D eigenvalue weighted by atomic mass is 9.92. The highest BCUT2D eigenvalue weighted by Gasteiger charge is 2.31. The number of aromatic nitrogens is 2. The number of likely N-dealkylation sites (tertiary alicyclic amines) is 1. The van der Waals surface area contributed by atoms with Crippen molar-refractivity contribution in [1.82, 2.24) is 24.7 Å². The van der Waals surface area contributed by atoms with Gasteiger partial charge < -0.3 is 10.1 Å². The van der Waals surface area contributed by atoms with Crippen LogP contribution in [-0.2, 0) is 41.4 Å². The summed E-state index contributed by atoms with van der Waals surface area (Å²) < 4.78 is 36.3. The van der Waals surface area contributed by atoms with Gasteiger partial charge in [-0.1, -0.05) is 54.1 Å². The van der Waals surface area contributed by atoms with E-state index >= 15 is 0 Å². The number of amides is 2. The SMILES string of the molecule is Cc1cc(OCCCC2=C(C(=O)NCc3cccc(C(=O)NS(=O)(=O)c4ccccc4C#N)c3)Cc3c2cccc3-c2c(CN3CCCC3)nn(C)c2C)cc(C)c1Cl. The number of allylic oxidation sites excluding steroid dienone is 1. The second kappa shape index (κ2) is 17.6. The summed E-state index contributed by atoms with van der Waals surface area (Å²) in [5.74, 6) is -0.322. The standard InChI is InChI=1S/C46H47ClN6O5S/c1-29-22-35(23-30(2)44(29)47)58-21-11-17-37-36-15-10-16-38(43-31(3)52(4)50-41(43)28-53-19-7-8-20-53)39(36)25-40(37)46(55)49-27-32-12-9-14-33(24-32)45(54)51-59(56,57)42-18-6-5-13-34(42)26-48/h5-6,9-10,12-16,18,22-24H,7-8,11,17,19-21,25,27-28H2,1-4H3,(H,49,55)(H,51,54). The second-order valence-electron chi connectivity index (χ2n) is 15.2. The summed E-state index contributed by atoms with van der Waals surface area (Å²) in [6, 6.07) is 24.1. The molecule has 0 saturated carbocycles. The predicted octanol–water partition coefficient (Wildman–Crippen LogP) is 7.74. The molecule has 2 N–H and O–H groups in total. The van der Waals surface area contributed by atoms with Crippen LogP contribution in [0.1, 0.15) is 80.8 Å². The topological polar surface area (TPSA) is 146 Å². The molecule has 0 radical (unpaired) electrons. The van der Waals surface area contributed by atoms with Crippen molar-refractivity contribution in [3.8, 4) is 22.9 Å². The third-order valence-electron chi connectivity index (χ3n) is 11.2. The number of fused-ring (bicyclic) bond motifs is 1. The van der Waals surface area contributed by atoms with E-state index in [4.69, 9.17) is 21.4 Å². The van der Waals surface area contributed by atoms with Gasteiger partial charge in [0.2, 0.25) is 5.91 Å². The van der Waals surface area contributed by atoms with Crippen molar-refractivity contribution < 1.29 is 22.7 Å². The number of halogens is 1. The lowest BCUT2D eigenvalue weighted by molar-refractivity contribution is -0.117. The zero-order valence-corrected chi connectivity index (χ0v) is 35.3. The first-order valence-electron chi connectivity index (χ1n) is 19.8. The molecule has 2 amide bonds. The molecule has 0 atom stereocenters. The van der Waals surface area contributed by atoms with Crippen molar-refractivity contribution in [2.45, 2.75) is 70.9 Å². The van der Waals surface area contributed by atoms with Gasteiger partial charge in [0.15, 0.2) is 0 Å². The molecule has 1 fully saturated rings. The van der Waals surface area contributed by atoms with E-state index < -0.39 is 15.9 Å². The third kappa shape index (κ3) is 8.98. The van der Waals surface area contributed by atoms with E-state index in [2.05, 4.69) is 40.1 Å². The third-order valence-corrected chi connectivity index (χ3v) is 13.1. The van der Waals surface area contributed by atoms with Crippen LogP contribution in [0.4, 0.5) is 0 Å². The van der Waals surface area contributed by atoms with Crippen molar-refractivity contribution in [3.63, 3.8) is 0 Å². The highest BCUT2D eigenvalue weighted by Crippen LogP contribution is 2.43. The quantitative estimate of drug-likeness (QED) is 0.108. The Labute approximate surface area is 350 Å².